The summed E-state index contributed by atoms with van der Waals surface area (Å²) in [5.74, 6) is 1.91. The number of methoxy groups -OCH3 is 1. The van der Waals surface area contributed by atoms with Crippen molar-refractivity contribution < 1.29 is 9.47 Å². The molecular weight excluding hydrogens is 296 g/mol. The number of nitrogens with zero attached hydrogens (tertiary/aromatic N) is 1. The summed E-state index contributed by atoms with van der Waals surface area (Å²) in [6, 6.07) is 9.24. The summed E-state index contributed by atoms with van der Waals surface area (Å²) in [4.78, 5) is 4.14. The van der Waals surface area contributed by atoms with Crippen molar-refractivity contribution in [2.75, 3.05) is 7.11 Å². The zero-order chi connectivity index (χ0) is 13.0. The van der Waals surface area contributed by atoms with Gasteiger partial charge in [-0.25, -0.2) is 4.98 Å². The number of hydrogen-bond donors (Lipinski definition) is 1. The molecule has 0 amide bonds. The predicted molar refractivity (Wildman–Crippen MR) is 72.9 cm³/mol. The van der Waals surface area contributed by atoms with Gasteiger partial charge >= 0.3 is 0 Å². The fourth-order valence-corrected chi connectivity index (χ4v) is 1.88. The number of ether oxygens (including phenoxy) is 2. The van der Waals surface area contributed by atoms with Crippen molar-refractivity contribution in [2.24, 2.45) is 5.73 Å². The summed E-state index contributed by atoms with van der Waals surface area (Å²) in [6.07, 6.45) is 1.61. The van der Waals surface area contributed by atoms with Crippen molar-refractivity contribution >= 4 is 15.9 Å². The van der Waals surface area contributed by atoms with E-state index in [9.17, 15) is 0 Å². The molecule has 0 atom stereocenters. The van der Waals surface area contributed by atoms with Crippen molar-refractivity contribution in [3.8, 4) is 17.4 Å². The lowest BCUT2D eigenvalue weighted by molar-refractivity contribution is 0.407. The SMILES string of the molecule is COc1ccc(Oc2ccc(Br)cc2CN)nc1. The molecular formula is C13H13BrN2O2. The van der Waals surface area contributed by atoms with E-state index < -0.39 is 0 Å². The summed E-state index contributed by atoms with van der Waals surface area (Å²) >= 11 is 3.40. The van der Waals surface area contributed by atoms with Crippen LogP contribution in [0.4, 0.5) is 0 Å². The third kappa shape index (κ3) is 3.00. The summed E-state index contributed by atoms with van der Waals surface area (Å²) in [5, 5.41) is 0. The maximum atomic E-state index is 5.69. The van der Waals surface area contributed by atoms with Crippen LogP contribution < -0.4 is 15.2 Å². The van der Waals surface area contributed by atoms with E-state index in [1.165, 1.54) is 0 Å². The van der Waals surface area contributed by atoms with Crippen LogP contribution in [0.2, 0.25) is 0 Å². The van der Waals surface area contributed by atoms with E-state index in [2.05, 4.69) is 20.9 Å². The van der Waals surface area contributed by atoms with Crippen molar-refractivity contribution in [2.45, 2.75) is 6.54 Å². The topological polar surface area (TPSA) is 57.4 Å². The van der Waals surface area contributed by atoms with Gasteiger partial charge in [-0.1, -0.05) is 15.9 Å². The Morgan fingerprint density at radius 1 is 1.28 bits per heavy atom. The molecule has 0 saturated heterocycles. The molecule has 0 radical (unpaired) electrons. The molecule has 0 fully saturated rings. The zero-order valence-corrected chi connectivity index (χ0v) is 11.5. The van der Waals surface area contributed by atoms with Gasteiger partial charge in [0.15, 0.2) is 0 Å². The molecule has 1 aromatic heterocycles. The van der Waals surface area contributed by atoms with Crippen LogP contribution in [-0.4, -0.2) is 12.1 Å². The molecule has 1 aromatic carbocycles. The first-order chi connectivity index (χ1) is 8.72. The van der Waals surface area contributed by atoms with E-state index in [-0.39, 0.29) is 0 Å². The van der Waals surface area contributed by atoms with Gasteiger partial charge in [-0.15, -0.1) is 0 Å². The molecule has 0 aliphatic heterocycles. The van der Waals surface area contributed by atoms with Gasteiger partial charge in [-0.3, -0.25) is 0 Å². The largest absolute Gasteiger partial charge is 0.495 e. The molecule has 18 heavy (non-hydrogen) atoms. The molecule has 0 bridgehead atoms. The molecule has 0 aliphatic carbocycles. The van der Waals surface area contributed by atoms with Crippen LogP contribution in [0.25, 0.3) is 0 Å². The van der Waals surface area contributed by atoms with Crippen molar-refractivity contribution in [3.05, 3.63) is 46.6 Å². The lowest BCUT2D eigenvalue weighted by Crippen LogP contribution is -2.00. The monoisotopic (exact) mass is 308 g/mol. The second kappa shape index (κ2) is 5.84. The number of aromatic nitrogens is 1. The third-order valence-electron chi connectivity index (χ3n) is 2.40. The normalized spacial score (nSPS) is 10.2. The first-order valence-electron chi connectivity index (χ1n) is 5.39. The van der Waals surface area contributed by atoms with Crippen LogP contribution in [0.5, 0.6) is 17.4 Å². The van der Waals surface area contributed by atoms with Gasteiger partial charge in [-0.2, -0.15) is 0 Å². The minimum Gasteiger partial charge on any atom is -0.495 e. The van der Waals surface area contributed by atoms with Crippen molar-refractivity contribution in [3.63, 3.8) is 0 Å². The molecule has 0 unspecified atom stereocenters. The molecule has 2 N–H and O–H groups in total. The maximum Gasteiger partial charge on any atom is 0.219 e. The molecule has 0 aliphatic rings. The summed E-state index contributed by atoms with van der Waals surface area (Å²) < 4.78 is 11.7. The number of benzene rings is 1. The van der Waals surface area contributed by atoms with E-state index in [1.54, 1.807) is 25.4 Å². The minimum absolute atomic E-state index is 0.408. The maximum absolute atomic E-state index is 5.69. The molecule has 2 rings (SSSR count). The van der Waals surface area contributed by atoms with Crippen molar-refractivity contribution in [1.82, 2.24) is 4.98 Å². The highest BCUT2D eigenvalue weighted by atomic mass is 79.9. The Bertz CT molecular complexity index is 529. The second-order valence-corrected chi connectivity index (χ2v) is 4.51. The Balaban J connectivity index is 2.22. The van der Waals surface area contributed by atoms with Gasteiger partial charge in [0, 0.05) is 22.6 Å². The highest BCUT2D eigenvalue weighted by Gasteiger charge is 2.05. The number of hydrogen-bond acceptors (Lipinski definition) is 4. The van der Waals surface area contributed by atoms with Crippen LogP contribution >= 0.6 is 15.9 Å². The Morgan fingerprint density at radius 2 is 2.11 bits per heavy atom. The summed E-state index contributed by atoms with van der Waals surface area (Å²) in [6.45, 7) is 0.408. The second-order valence-electron chi connectivity index (χ2n) is 3.59. The lowest BCUT2D eigenvalue weighted by Gasteiger charge is -2.09. The Morgan fingerprint density at radius 3 is 2.72 bits per heavy atom. The fourth-order valence-electron chi connectivity index (χ4n) is 1.47. The third-order valence-corrected chi connectivity index (χ3v) is 2.90. The van der Waals surface area contributed by atoms with Gasteiger partial charge < -0.3 is 15.2 Å². The zero-order valence-electron chi connectivity index (χ0n) is 9.89. The van der Waals surface area contributed by atoms with Crippen LogP contribution in [0.1, 0.15) is 5.56 Å². The van der Waals surface area contributed by atoms with E-state index in [4.69, 9.17) is 15.2 Å². The van der Waals surface area contributed by atoms with E-state index in [0.29, 0.717) is 23.9 Å². The van der Waals surface area contributed by atoms with Crippen LogP contribution in [-0.2, 0) is 6.54 Å². The first kappa shape index (κ1) is 12.9. The Hall–Kier alpha value is -1.59. The number of halogens is 1. The quantitative estimate of drug-likeness (QED) is 0.943. The van der Waals surface area contributed by atoms with Crippen molar-refractivity contribution in [1.29, 1.82) is 0 Å². The summed E-state index contributed by atoms with van der Waals surface area (Å²) in [5.41, 5.74) is 6.60. The van der Waals surface area contributed by atoms with Crippen LogP contribution in [0.15, 0.2) is 41.0 Å². The molecule has 4 nitrogen and oxygen atoms in total. The average molecular weight is 309 g/mol. The number of rotatable bonds is 4. The molecule has 1 heterocycles. The predicted octanol–water partition coefficient (Wildman–Crippen LogP) is 3.10. The average Bonchev–Trinajstić information content (AvgIpc) is 2.41. The van der Waals surface area contributed by atoms with Gasteiger partial charge in [0.1, 0.15) is 11.5 Å². The van der Waals surface area contributed by atoms with E-state index in [1.807, 2.05) is 18.2 Å². The molecule has 5 heteroatoms. The number of nitrogens with two attached hydrogens (primary N) is 1. The Kier molecular flexibility index (Phi) is 4.17. The van der Waals surface area contributed by atoms with Crippen LogP contribution in [0.3, 0.4) is 0 Å². The van der Waals surface area contributed by atoms with Gasteiger partial charge in [0.05, 0.1) is 13.3 Å². The Labute approximate surface area is 114 Å². The summed E-state index contributed by atoms with van der Waals surface area (Å²) in [7, 11) is 1.60. The minimum atomic E-state index is 0.408. The highest BCUT2D eigenvalue weighted by molar-refractivity contribution is 9.10. The molecule has 94 valence electrons. The lowest BCUT2D eigenvalue weighted by atomic mass is 10.2. The highest BCUT2D eigenvalue weighted by Crippen LogP contribution is 2.27. The molecule has 0 spiro atoms. The number of pyridine rings is 1. The van der Waals surface area contributed by atoms with E-state index >= 15 is 0 Å². The molecule has 0 saturated carbocycles. The first-order valence-corrected chi connectivity index (χ1v) is 6.18. The van der Waals surface area contributed by atoms with Gasteiger partial charge in [-0.05, 0) is 24.3 Å². The standard InChI is InChI=1S/C13H13BrN2O2/c1-17-11-3-5-13(16-8-11)18-12-4-2-10(14)6-9(12)7-15/h2-6,8H,7,15H2,1H3. The molecule has 2 aromatic rings. The fraction of sp³-hybridized carbons (Fsp3) is 0.154. The van der Waals surface area contributed by atoms with E-state index in [0.717, 1.165) is 10.0 Å². The van der Waals surface area contributed by atoms with Gasteiger partial charge in [0.2, 0.25) is 5.88 Å². The van der Waals surface area contributed by atoms with Crippen LogP contribution in [0, 0.1) is 0 Å². The smallest absolute Gasteiger partial charge is 0.219 e. The van der Waals surface area contributed by atoms with Gasteiger partial charge in [0.25, 0.3) is 0 Å².